The molecular weight excluding hydrogens is 396 g/mol. The van der Waals surface area contributed by atoms with Crippen LogP contribution in [0.4, 0.5) is 5.69 Å². The molecule has 0 saturated carbocycles. The Labute approximate surface area is 191 Å². The summed E-state index contributed by atoms with van der Waals surface area (Å²) in [4.78, 5) is 7.10. The second kappa shape index (κ2) is 10.5. The van der Waals surface area contributed by atoms with Gasteiger partial charge in [-0.15, -0.1) is 0 Å². The van der Waals surface area contributed by atoms with Gasteiger partial charge in [-0.25, -0.2) is 0 Å². The molecule has 0 amide bonds. The molecule has 0 unspecified atom stereocenters. The number of allylic oxidation sites excluding steroid dienone is 1. The molecule has 168 valence electrons. The van der Waals surface area contributed by atoms with Crippen LogP contribution >= 0.6 is 0 Å². The summed E-state index contributed by atoms with van der Waals surface area (Å²) in [5.74, 6) is 0. The minimum absolute atomic E-state index is 0.658. The van der Waals surface area contributed by atoms with E-state index in [2.05, 4.69) is 93.1 Å². The number of benzene rings is 2. The molecule has 2 aromatic carbocycles. The molecule has 0 bridgehead atoms. The van der Waals surface area contributed by atoms with Gasteiger partial charge in [-0.1, -0.05) is 49.0 Å². The average molecular weight is 431 g/mol. The van der Waals surface area contributed by atoms with Crippen molar-refractivity contribution in [1.29, 1.82) is 0 Å². The Bertz CT molecular complexity index is 987. The highest BCUT2D eigenvalue weighted by Gasteiger charge is 2.19. The third-order valence-corrected chi connectivity index (χ3v) is 6.17. The fourth-order valence-corrected chi connectivity index (χ4v) is 4.33. The molecular formula is C26H34N6. The molecule has 6 nitrogen and oxygen atoms in total. The van der Waals surface area contributed by atoms with Crippen LogP contribution in [0.2, 0.25) is 0 Å². The largest absolute Gasteiger partial charge is 0.371 e. The SMILES string of the molecule is C=C(Cc1ccccc1)N1CCN(c2ccc(-c3[nH]ncc3CN(C)CCN)cc2)CC1. The van der Waals surface area contributed by atoms with E-state index in [-0.39, 0.29) is 0 Å². The van der Waals surface area contributed by atoms with Crippen LogP contribution in [0.15, 0.2) is 73.1 Å². The van der Waals surface area contributed by atoms with Gasteiger partial charge < -0.3 is 20.4 Å². The van der Waals surface area contributed by atoms with Crippen molar-refractivity contribution >= 4 is 5.69 Å². The van der Waals surface area contributed by atoms with Crippen molar-refractivity contribution in [3.8, 4) is 11.3 Å². The second-order valence-electron chi connectivity index (χ2n) is 8.55. The lowest BCUT2D eigenvalue weighted by atomic mass is 10.1. The Morgan fingerprint density at radius 1 is 1.06 bits per heavy atom. The van der Waals surface area contributed by atoms with E-state index in [1.165, 1.54) is 22.5 Å². The Morgan fingerprint density at radius 3 is 2.47 bits per heavy atom. The van der Waals surface area contributed by atoms with Gasteiger partial charge in [0.15, 0.2) is 0 Å². The first-order valence-electron chi connectivity index (χ1n) is 11.4. The van der Waals surface area contributed by atoms with Crippen molar-refractivity contribution in [2.45, 2.75) is 13.0 Å². The van der Waals surface area contributed by atoms with Gasteiger partial charge in [-0.05, 0) is 24.7 Å². The third kappa shape index (κ3) is 5.39. The molecule has 3 aromatic rings. The molecule has 0 spiro atoms. The smallest absolute Gasteiger partial charge is 0.0695 e. The molecule has 32 heavy (non-hydrogen) atoms. The summed E-state index contributed by atoms with van der Waals surface area (Å²) >= 11 is 0. The summed E-state index contributed by atoms with van der Waals surface area (Å²) in [5, 5.41) is 7.44. The van der Waals surface area contributed by atoms with Crippen molar-refractivity contribution in [2.24, 2.45) is 5.73 Å². The van der Waals surface area contributed by atoms with Crippen molar-refractivity contribution in [1.82, 2.24) is 20.0 Å². The van der Waals surface area contributed by atoms with Gasteiger partial charge in [0, 0.05) is 74.7 Å². The number of hydrogen-bond acceptors (Lipinski definition) is 5. The molecule has 2 heterocycles. The van der Waals surface area contributed by atoms with Crippen LogP contribution in [-0.2, 0) is 13.0 Å². The molecule has 1 fully saturated rings. The van der Waals surface area contributed by atoms with Crippen LogP contribution in [0.1, 0.15) is 11.1 Å². The van der Waals surface area contributed by atoms with Crippen LogP contribution < -0.4 is 10.6 Å². The number of aromatic nitrogens is 2. The maximum atomic E-state index is 5.68. The summed E-state index contributed by atoms with van der Waals surface area (Å²) in [6.45, 7) is 10.7. The van der Waals surface area contributed by atoms with Gasteiger partial charge in [0.2, 0.25) is 0 Å². The van der Waals surface area contributed by atoms with E-state index in [1.807, 2.05) is 6.20 Å². The van der Waals surface area contributed by atoms with Crippen molar-refractivity contribution < 1.29 is 0 Å². The minimum Gasteiger partial charge on any atom is -0.371 e. The molecule has 1 saturated heterocycles. The van der Waals surface area contributed by atoms with E-state index in [0.717, 1.165) is 56.9 Å². The predicted molar refractivity (Wildman–Crippen MR) is 132 cm³/mol. The number of rotatable bonds is 9. The molecule has 0 radical (unpaired) electrons. The molecule has 0 aliphatic carbocycles. The van der Waals surface area contributed by atoms with E-state index in [9.17, 15) is 0 Å². The fourth-order valence-electron chi connectivity index (χ4n) is 4.33. The number of piperazine rings is 1. The van der Waals surface area contributed by atoms with Crippen LogP contribution in [0, 0.1) is 0 Å². The number of aromatic amines is 1. The molecule has 1 aliphatic heterocycles. The molecule has 3 N–H and O–H groups in total. The zero-order valence-electron chi connectivity index (χ0n) is 19.0. The van der Waals surface area contributed by atoms with Crippen molar-refractivity contribution in [3.05, 3.63) is 84.2 Å². The van der Waals surface area contributed by atoms with E-state index in [1.54, 1.807) is 0 Å². The predicted octanol–water partition coefficient (Wildman–Crippen LogP) is 3.35. The first-order valence-corrected chi connectivity index (χ1v) is 11.4. The van der Waals surface area contributed by atoms with Crippen LogP contribution in [-0.4, -0.2) is 66.3 Å². The summed E-state index contributed by atoms with van der Waals surface area (Å²) in [7, 11) is 2.08. The van der Waals surface area contributed by atoms with E-state index in [0.29, 0.717) is 6.54 Å². The lowest BCUT2D eigenvalue weighted by Gasteiger charge is -2.38. The molecule has 1 aromatic heterocycles. The van der Waals surface area contributed by atoms with Crippen molar-refractivity contribution in [3.63, 3.8) is 0 Å². The molecule has 6 heteroatoms. The summed E-state index contributed by atoms with van der Waals surface area (Å²) in [5.41, 5.74) is 12.9. The number of likely N-dealkylation sites (N-methyl/N-ethyl adjacent to an activating group) is 1. The highest BCUT2D eigenvalue weighted by atomic mass is 15.3. The first-order chi connectivity index (χ1) is 15.6. The summed E-state index contributed by atoms with van der Waals surface area (Å²) < 4.78 is 0. The van der Waals surface area contributed by atoms with Crippen LogP contribution in [0.3, 0.4) is 0 Å². The van der Waals surface area contributed by atoms with Gasteiger partial charge in [-0.3, -0.25) is 5.10 Å². The fraction of sp³-hybridized carbons (Fsp3) is 0.346. The zero-order chi connectivity index (χ0) is 22.3. The summed E-state index contributed by atoms with van der Waals surface area (Å²) in [6.07, 6.45) is 2.83. The Hall–Kier alpha value is -3.09. The summed E-state index contributed by atoms with van der Waals surface area (Å²) in [6, 6.07) is 19.4. The number of nitrogens with two attached hydrogens (primary N) is 1. The lowest BCUT2D eigenvalue weighted by molar-refractivity contribution is 0.316. The van der Waals surface area contributed by atoms with Crippen LogP contribution in [0.5, 0.6) is 0 Å². The van der Waals surface area contributed by atoms with Crippen molar-refractivity contribution in [2.75, 3.05) is 51.2 Å². The highest BCUT2D eigenvalue weighted by Crippen LogP contribution is 2.26. The number of H-pyrrole nitrogens is 1. The van der Waals surface area contributed by atoms with Gasteiger partial charge in [-0.2, -0.15) is 5.10 Å². The number of anilines is 1. The highest BCUT2D eigenvalue weighted by molar-refractivity contribution is 5.65. The van der Waals surface area contributed by atoms with Gasteiger partial charge in [0.25, 0.3) is 0 Å². The first kappa shape index (κ1) is 22.1. The van der Waals surface area contributed by atoms with E-state index >= 15 is 0 Å². The topological polar surface area (TPSA) is 64.4 Å². The van der Waals surface area contributed by atoms with Crippen LogP contribution in [0.25, 0.3) is 11.3 Å². The van der Waals surface area contributed by atoms with Gasteiger partial charge >= 0.3 is 0 Å². The second-order valence-corrected chi connectivity index (χ2v) is 8.55. The van der Waals surface area contributed by atoms with Gasteiger partial charge in [0.05, 0.1) is 11.9 Å². The Morgan fingerprint density at radius 2 is 1.78 bits per heavy atom. The number of hydrogen-bond donors (Lipinski definition) is 2. The normalized spacial score (nSPS) is 14.2. The molecule has 4 rings (SSSR count). The Kier molecular flexibility index (Phi) is 7.24. The lowest BCUT2D eigenvalue weighted by Crippen LogP contribution is -2.46. The van der Waals surface area contributed by atoms with E-state index in [4.69, 9.17) is 5.73 Å². The average Bonchev–Trinajstić information content (AvgIpc) is 3.28. The molecule has 1 aliphatic rings. The Balaban J connectivity index is 1.34. The quantitative estimate of drug-likeness (QED) is 0.545. The van der Waals surface area contributed by atoms with E-state index < -0.39 is 0 Å². The molecule has 0 atom stereocenters. The third-order valence-electron chi connectivity index (χ3n) is 6.17. The monoisotopic (exact) mass is 430 g/mol. The minimum atomic E-state index is 0.658. The maximum absolute atomic E-state index is 5.68. The zero-order valence-corrected chi connectivity index (χ0v) is 19.0. The number of nitrogens with zero attached hydrogens (tertiary/aromatic N) is 4. The van der Waals surface area contributed by atoms with Gasteiger partial charge in [0.1, 0.15) is 0 Å². The standard InChI is InChI=1S/C26H34N6/c1-21(18-22-6-4-3-5-7-22)31-14-16-32(17-15-31)25-10-8-23(9-11-25)26-24(19-28-29-26)20-30(2)13-12-27/h3-11,19H,1,12-18,20,27H2,2H3,(H,28,29). The maximum Gasteiger partial charge on any atom is 0.0695 e. The number of nitrogens with one attached hydrogen (secondary N) is 1.